The van der Waals surface area contributed by atoms with Gasteiger partial charge in [0.1, 0.15) is 19.0 Å². The van der Waals surface area contributed by atoms with E-state index in [-0.39, 0.29) is 13.6 Å². The van der Waals surface area contributed by atoms with Crippen LogP contribution in [0.1, 0.15) is 19.4 Å². The third-order valence-corrected chi connectivity index (χ3v) is 9.47. The molecule has 7 heteroatoms. The Bertz CT molecular complexity index is 706. The number of methoxy groups -OCH3 is 1. The lowest BCUT2D eigenvalue weighted by Gasteiger charge is -2.15. The summed E-state index contributed by atoms with van der Waals surface area (Å²) in [5.74, 6) is 0.850. The van der Waals surface area contributed by atoms with Crippen LogP contribution >= 0.6 is 24.8 Å². The van der Waals surface area contributed by atoms with Gasteiger partial charge in [-0.15, -0.1) is 17.0 Å². The van der Waals surface area contributed by atoms with Gasteiger partial charge in [0.05, 0.1) is 7.11 Å². The van der Waals surface area contributed by atoms with Gasteiger partial charge in [-0.1, -0.05) is 64.9 Å². The van der Waals surface area contributed by atoms with Gasteiger partial charge in [0.15, 0.2) is 0 Å². The van der Waals surface area contributed by atoms with E-state index in [9.17, 15) is 4.57 Å². The van der Waals surface area contributed by atoms with Crippen LogP contribution in [0.15, 0.2) is 54.6 Å². The predicted octanol–water partition coefficient (Wildman–Crippen LogP) is 5.82. The van der Waals surface area contributed by atoms with Gasteiger partial charge >= 0.3 is 8.25 Å². The molecule has 0 saturated heterocycles. The van der Waals surface area contributed by atoms with Crippen LogP contribution in [0.25, 0.3) is 0 Å². The molecule has 3 unspecified atom stereocenters. The van der Waals surface area contributed by atoms with Gasteiger partial charge in [-0.3, -0.25) is 0 Å². The molecule has 4 nitrogen and oxygen atoms in total. The minimum atomic E-state index is -2.07. The molecular weight excluding hydrogens is 421 g/mol. The quantitative estimate of drug-likeness (QED) is 0.338. The smallest absolute Gasteiger partial charge is 0.497 e. The summed E-state index contributed by atoms with van der Waals surface area (Å²) in [6, 6.07) is 18.5. The van der Waals surface area contributed by atoms with Crippen molar-refractivity contribution in [3.05, 3.63) is 60.2 Å². The molecule has 0 N–H and O–H groups in total. The average Bonchev–Trinajstić information content (AvgIpc) is 2.76. The van der Waals surface area contributed by atoms with Crippen molar-refractivity contribution in [3.63, 3.8) is 0 Å². The zero-order chi connectivity index (χ0) is 20.9. The van der Waals surface area contributed by atoms with Gasteiger partial charge in [-0.2, -0.15) is 0 Å². The first kappa shape index (κ1) is 24.4. The van der Waals surface area contributed by atoms with Crippen molar-refractivity contribution in [1.82, 2.24) is 0 Å². The number of hydrogen-bond donors (Lipinski definition) is 0. The highest BCUT2D eigenvalue weighted by molar-refractivity contribution is 7.57. The molecule has 2 rings (SSSR count). The predicted molar refractivity (Wildman–Crippen MR) is 127 cm³/mol. The van der Waals surface area contributed by atoms with Crippen molar-refractivity contribution < 1.29 is 18.3 Å². The lowest BCUT2D eigenvalue weighted by atomic mass is 10.1. The summed E-state index contributed by atoms with van der Waals surface area (Å²) in [6.45, 7) is 5.36. The molecule has 0 bridgehead atoms. The maximum Gasteiger partial charge on any atom is 0.697 e. The normalized spacial score (nSPS) is 13.2. The van der Waals surface area contributed by atoms with Crippen molar-refractivity contribution in [2.75, 3.05) is 38.8 Å². The standard InChI is InChI=1S/C22H32O4P3/c1-4-28(5-2)16-15-25-29(23)26-18-22(27-21-9-7-6-8-10-21)17-19-11-13-20(24-3)14-12-19/h6-14,22,27H,4-5,15-18H2,1-3H3/q+1. The van der Waals surface area contributed by atoms with E-state index in [0.717, 1.165) is 18.3 Å². The minimum Gasteiger partial charge on any atom is -0.497 e. The molecule has 0 saturated carbocycles. The number of rotatable bonds is 14. The molecule has 2 aromatic carbocycles. The molecule has 158 valence electrons. The van der Waals surface area contributed by atoms with Gasteiger partial charge in [0.25, 0.3) is 0 Å². The van der Waals surface area contributed by atoms with Crippen molar-refractivity contribution in [2.45, 2.75) is 25.9 Å². The minimum absolute atomic E-state index is 0.00238. The molecule has 29 heavy (non-hydrogen) atoms. The van der Waals surface area contributed by atoms with E-state index in [1.807, 2.05) is 18.2 Å². The van der Waals surface area contributed by atoms with E-state index >= 15 is 0 Å². The second-order valence-corrected chi connectivity index (χ2v) is 12.3. The summed E-state index contributed by atoms with van der Waals surface area (Å²) in [7, 11) is 0.186. The second kappa shape index (κ2) is 14.2. The molecule has 2 aromatic rings. The van der Waals surface area contributed by atoms with Crippen molar-refractivity contribution in [3.8, 4) is 5.75 Å². The van der Waals surface area contributed by atoms with E-state index in [2.05, 4.69) is 50.2 Å². The third-order valence-electron chi connectivity index (χ3n) is 4.67. The molecular formula is C22H32O4P3+. The highest BCUT2D eigenvalue weighted by Crippen LogP contribution is 2.35. The molecule has 0 aromatic heterocycles. The topological polar surface area (TPSA) is 44.8 Å². The van der Waals surface area contributed by atoms with E-state index in [1.165, 1.54) is 23.2 Å². The Morgan fingerprint density at radius 3 is 2.31 bits per heavy atom. The highest BCUT2D eigenvalue weighted by atomic mass is 31.1. The summed E-state index contributed by atoms with van der Waals surface area (Å²) in [5, 5.41) is 1.28. The molecule has 0 aliphatic carbocycles. The van der Waals surface area contributed by atoms with Gasteiger partial charge < -0.3 is 4.74 Å². The number of hydrogen-bond acceptors (Lipinski definition) is 4. The molecule has 0 aliphatic heterocycles. The van der Waals surface area contributed by atoms with Crippen molar-refractivity contribution >= 4 is 30.1 Å². The van der Waals surface area contributed by atoms with Crippen LogP contribution in [0.2, 0.25) is 0 Å². The summed E-state index contributed by atoms with van der Waals surface area (Å²) < 4.78 is 28.5. The zero-order valence-corrected chi connectivity index (χ0v) is 20.3. The Morgan fingerprint density at radius 2 is 1.69 bits per heavy atom. The number of benzene rings is 2. The molecule has 0 amide bonds. The Labute approximate surface area is 179 Å². The SMILES string of the molecule is CCP(CC)CCO[P+](=O)OCC(Cc1ccc(OC)cc1)Pc1ccccc1. The first-order valence-corrected chi connectivity index (χ1v) is 14.1. The maximum absolute atomic E-state index is 12.2. The monoisotopic (exact) mass is 453 g/mol. The van der Waals surface area contributed by atoms with E-state index in [0.29, 0.717) is 21.8 Å². The van der Waals surface area contributed by atoms with Crippen molar-refractivity contribution in [2.24, 2.45) is 0 Å². The molecule has 0 spiro atoms. The van der Waals surface area contributed by atoms with E-state index in [4.69, 9.17) is 13.8 Å². The molecule has 0 fully saturated rings. The van der Waals surface area contributed by atoms with Crippen LogP contribution in [-0.2, 0) is 20.0 Å². The van der Waals surface area contributed by atoms with Gasteiger partial charge in [0.2, 0.25) is 0 Å². The maximum atomic E-state index is 12.2. The summed E-state index contributed by atoms with van der Waals surface area (Å²) in [6.07, 6.45) is 4.23. The zero-order valence-electron chi connectivity index (χ0n) is 17.5. The Hall–Kier alpha value is -0.880. The fourth-order valence-electron chi connectivity index (χ4n) is 2.94. The van der Waals surface area contributed by atoms with E-state index in [1.54, 1.807) is 7.11 Å². The lowest BCUT2D eigenvalue weighted by Crippen LogP contribution is -2.16. The molecule has 0 heterocycles. The summed E-state index contributed by atoms with van der Waals surface area (Å²) in [5.41, 5.74) is 1.47. The number of ether oxygens (including phenoxy) is 1. The average molecular weight is 453 g/mol. The van der Waals surface area contributed by atoms with Crippen LogP contribution in [-0.4, -0.2) is 44.5 Å². The van der Waals surface area contributed by atoms with Crippen molar-refractivity contribution in [1.29, 1.82) is 0 Å². The van der Waals surface area contributed by atoms with Gasteiger partial charge in [-0.25, -0.2) is 0 Å². The first-order chi connectivity index (χ1) is 14.1. The molecule has 3 atom stereocenters. The Balaban J connectivity index is 1.89. The largest absolute Gasteiger partial charge is 0.697 e. The van der Waals surface area contributed by atoms with E-state index < -0.39 is 8.25 Å². The Kier molecular flexibility index (Phi) is 11.9. The van der Waals surface area contributed by atoms with Crippen LogP contribution in [0.4, 0.5) is 0 Å². The van der Waals surface area contributed by atoms with Crippen LogP contribution in [0.5, 0.6) is 5.75 Å². The second-order valence-electron chi connectivity index (χ2n) is 6.64. The first-order valence-electron chi connectivity index (χ1n) is 10.0. The van der Waals surface area contributed by atoms with Gasteiger partial charge in [-0.05, 0) is 47.9 Å². The molecule has 0 aliphatic rings. The Morgan fingerprint density at radius 1 is 1.00 bits per heavy atom. The highest BCUT2D eigenvalue weighted by Gasteiger charge is 2.24. The van der Waals surface area contributed by atoms with Gasteiger partial charge in [0, 0.05) is 10.2 Å². The molecule has 0 radical (unpaired) electrons. The van der Waals surface area contributed by atoms with Crippen LogP contribution in [0.3, 0.4) is 0 Å². The lowest BCUT2D eigenvalue weighted by molar-refractivity contribution is 0.234. The van der Waals surface area contributed by atoms with Crippen LogP contribution < -0.4 is 10.0 Å². The fourth-order valence-corrected chi connectivity index (χ4v) is 6.63. The van der Waals surface area contributed by atoms with Crippen LogP contribution in [0, 0.1) is 0 Å². The summed E-state index contributed by atoms with van der Waals surface area (Å²) >= 11 is 0. The summed E-state index contributed by atoms with van der Waals surface area (Å²) in [4.78, 5) is 0. The third kappa shape index (κ3) is 9.65. The fraction of sp³-hybridized carbons (Fsp3) is 0.455.